The minimum Gasteiger partial charge on any atom is -0.497 e. The van der Waals surface area contributed by atoms with Crippen molar-refractivity contribution in [1.29, 1.82) is 0 Å². The molecule has 0 unspecified atom stereocenters. The first-order valence-electron chi connectivity index (χ1n) is 10.0. The Kier molecular flexibility index (Phi) is 6.90. The molecule has 0 spiro atoms. The van der Waals surface area contributed by atoms with Crippen LogP contribution in [0.4, 0.5) is 0 Å². The lowest BCUT2D eigenvalue weighted by atomic mass is 10.2. The highest BCUT2D eigenvalue weighted by atomic mass is 32.2. The maximum atomic E-state index is 5.35. The van der Waals surface area contributed by atoms with Gasteiger partial charge in [0, 0.05) is 9.79 Å². The molecule has 2 nitrogen and oxygen atoms in total. The van der Waals surface area contributed by atoms with Gasteiger partial charge in [0.25, 0.3) is 0 Å². The van der Waals surface area contributed by atoms with E-state index in [4.69, 9.17) is 9.47 Å². The predicted octanol–water partition coefficient (Wildman–Crippen LogP) is 7.26. The molecule has 0 aromatic heterocycles. The molecule has 0 aliphatic rings. The first-order valence-corrected chi connectivity index (χ1v) is 12.1. The molecule has 0 heterocycles. The zero-order chi connectivity index (χ0) is 21.6. The molecule has 0 aliphatic carbocycles. The van der Waals surface area contributed by atoms with E-state index in [2.05, 4.69) is 79.7 Å². The Morgan fingerprint density at radius 1 is 0.516 bits per heavy atom. The zero-order valence-electron chi connectivity index (χ0n) is 17.9. The van der Waals surface area contributed by atoms with E-state index in [0.29, 0.717) is 0 Å². The summed E-state index contributed by atoms with van der Waals surface area (Å²) in [5.74, 6) is 1.73. The summed E-state index contributed by atoms with van der Waals surface area (Å²) in [5.41, 5.74) is 1.28. The van der Waals surface area contributed by atoms with Gasteiger partial charge >= 0.3 is 0 Å². The van der Waals surface area contributed by atoms with Gasteiger partial charge in [0.2, 0.25) is 0 Å². The molecule has 0 fully saturated rings. The third kappa shape index (κ3) is 5.27. The number of ether oxygens (including phenoxy) is 2. The number of benzene rings is 4. The van der Waals surface area contributed by atoms with Gasteiger partial charge in [0.05, 0.1) is 25.1 Å². The molecule has 0 radical (unpaired) electrons. The SMILES string of the molecule is COc1ccc([S+](c2ccc(OC)cc2)c2ccc(Sc3ccc(C)cc3)cc2)cc1. The number of aryl methyl sites for hydroxylation is 1. The van der Waals surface area contributed by atoms with Gasteiger partial charge in [-0.25, -0.2) is 0 Å². The molecule has 0 N–H and O–H groups in total. The Balaban J connectivity index is 1.65. The second-order valence-electron chi connectivity index (χ2n) is 7.04. The van der Waals surface area contributed by atoms with Crippen molar-refractivity contribution in [3.63, 3.8) is 0 Å². The molecule has 0 saturated heterocycles. The van der Waals surface area contributed by atoms with Crippen molar-refractivity contribution < 1.29 is 9.47 Å². The highest BCUT2D eigenvalue weighted by molar-refractivity contribution is 7.99. The first-order chi connectivity index (χ1) is 15.2. The van der Waals surface area contributed by atoms with Gasteiger partial charge in [-0.1, -0.05) is 29.5 Å². The quantitative estimate of drug-likeness (QED) is 0.279. The van der Waals surface area contributed by atoms with Crippen LogP contribution in [-0.2, 0) is 10.9 Å². The fourth-order valence-electron chi connectivity index (χ4n) is 3.22. The van der Waals surface area contributed by atoms with Crippen molar-refractivity contribution in [3.05, 3.63) is 103 Å². The fraction of sp³-hybridized carbons (Fsp3) is 0.111. The summed E-state index contributed by atoms with van der Waals surface area (Å²) in [4.78, 5) is 6.28. The van der Waals surface area contributed by atoms with Gasteiger partial charge < -0.3 is 9.47 Å². The van der Waals surface area contributed by atoms with Crippen LogP contribution in [0.15, 0.2) is 122 Å². The van der Waals surface area contributed by atoms with Crippen molar-refractivity contribution in [2.45, 2.75) is 31.4 Å². The van der Waals surface area contributed by atoms with Crippen LogP contribution in [0, 0.1) is 6.92 Å². The third-order valence-corrected chi connectivity index (χ3v) is 8.15. The van der Waals surface area contributed by atoms with Crippen LogP contribution in [0.1, 0.15) is 5.56 Å². The highest BCUT2D eigenvalue weighted by Gasteiger charge is 2.28. The van der Waals surface area contributed by atoms with Crippen LogP contribution < -0.4 is 9.47 Å². The lowest BCUT2D eigenvalue weighted by Crippen LogP contribution is -2.05. The number of hydrogen-bond acceptors (Lipinski definition) is 3. The van der Waals surface area contributed by atoms with Crippen molar-refractivity contribution in [2.75, 3.05) is 14.2 Å². The number of methoxy groups -OCH3 is 2. The van der Waals surface area contributed by atoms with E-state index in [-0.39, 0.29) is 10.9 Å². The molecule has 4 aromatic carbocycles. The van der Waals surface area contributed by atoms with Crippen molar-refractivity contribution in [3.8, 4) is 11.5 Å². The Morgan fingerprint density at radius 3 is 1.26 bits per heavy atom. The van der Waals surface area contributed by atoms with Crippen LogP contribution in [-0.4, -0.2) is 14.2 Å². The molecule has 4 rings (SSSR count). The van der Waals surface area contributed by atoms with Crippen LogP contribution in [0.25, 0.3) is 0 Å². The summed E-state index contributed by atoms with van der Waals surface area (Å²) in [5, 5.41) is 0. The van der Waals surface area contributed by atoms with Gasteiger partial charge in [-0.15, -0.1) is 0 Å². The minimum atomic E-state index is -0.213. The molecular formula is C27H25O2S2+. The standard InChI is InChI=1S/C27H25O2S2/c1-20-4-10-23(11-5-20)30-24-12-18-27(19-13-24)31(25-14-6-21(28-2)7-15-25)26-16-8-22(29-3)9-17-26/h4-19H,1-3H3/q+1. The Hall–Kier alpha value is -2.82. The molecule has 0 saturated carbocycles. The summed E-state index contributed by atoms with van der Waals surface area (Å²) in [6, 6.07) is 34.3. The molecule has 4 aromatic rings. The normalized spacial score (nSPS) is 10.8. The maximum Gasteiger partial charge on any atom is 0.166 e. The largest absolute Gasteiger partial charge is 0.497 e. The van der Waals surface area contributed by atoms with E-state index in [1.807, 2.05) is 24.3 Å². The maximum absolute atomic E-state index is 5.35. The summed E-state index contributed by atoms with van der Waals surface area (Å²) >= 11 is 1.79. The Morgan fingerprint density at radius 2 is 0.871 bits per heavy atom. The summed E-state index contributed by atoms with van der Waals surface area (Å²) in [6.07, 6.45) is 0. The molecular weight excluding hydrogens is 420 g/mol. The zero-order valence-corrected chi connectivity index (χ0v) is 19.5. The van der Waals surface area contributed by atoms with E-state index in [1.54, 1.807) is 26.0 Å². The molecule has 0 atom stereocenters. The lowest BCUT2D eigenvalue weighted by molar-refractivity contribution is 0.414. The second-order valence-corrected chi connectivity index (χ2v) is 10.2. The molecule has 0 bridgehead atoms. The number of rotatable bonds is 7. The first kappa shape index (κ1) is 21.4. The molecule has 4 heteroatoms. The Bertz CT molecular complexity index is 1060. The van der Waals surface area contributed by atoms with Crippen molar-refractivity contribution in [1.82, 2.24) is 0 Å². The van der Waals surface area contributed by atoms with Crippen LogP contribution in [0.5, 0.6) is 11.5 Å². The van der Waals surface area contributed by atoms with E-state index in [9.17, 15) is 0 Å². The monoisotopic (exact) mass is 445 g/mol. The molecule has 0 amide bonds. The summed E-state index contributed by atoms with van der Waals surface area (Å²) in [6.45, 7) is 2.11. The van der Waals surface area contributed by atoms with Gasteiger partial charge in [-0.05, 0) is 91.9 Å². The summed E-state index contributed by atoms with van der Waals surface area (Å²) < 4.78 is 10.7. The molecule has 156 valence electrons. The van der Waals surface area contributed by atoms with Crippen LogP contribution >= 0.6 is 11.8 Å². The highest BCUT2D eigenvalue weighted by Crippen LogP contribution is 2.35. The van der Waals surface area contributed by atoms with Gasteiger partial charge in [0.1, 0.15) is 11.5 Å². The molecule has 0 aliphatic heterocycles. The van der Waals surface area contributed by atoms with Gasteiger partial charge in [0.15, 0.2) is 14.7 Å². The van der Waals surface area contributed by atoms with Crippen LogP contribution in [0.2, 0.25) is 0 Å². The van der Waals surface area contributed by atoms with E-state index >= 15 is 0 Å². The smallest absolute Gasteiger partial charge is 0.166 e. The predicted molar refractivity (Wildman–Crippen MR) is 130 cm³/mol. The summed E-state index contributed by atoms with van der Waals surface area (Å²) in [7, 11) is 3.18. The second kappa shape index (κ2) is 9.99. The van der Waals surface area contributed by atoms with Gasteiger partial charge in [-0.2, -0.15) is 0 Å². The van der Waals surface area contributed by atoms with E-state index < -0.39 is 0 Å². The van der Waals surface area contributed by atoms with E-state index in [1.165, 1.54) is 30.0 Å². The Labute approximate surface area is 191 Å². The average molecular weight is 446 g/mol. The van der Waals surface area contributed by atoms with Crippen molar-refractivity contribution in [2.24, 2.45) is 0 Å². The molecule has 31 heavy (non-hydrogen) atoms. The lowest BCUT2D eigenvalue weighted by Gasteiger charge is -2.10. The van der Waals surface area contributed by atoms with E-state index in [0.717, 1.165) is 11.5 Å². The fourth-order valence-corrected chi connectivity index (χ4v) is 6.08. The van der Waals surface area contributed by atoms with Gasteiger partial charge in [-0.3, -0.25) is 0 Å². The number of hydrogen-bond donors (Lipinski definition) is 0. The van der Waals surface area contributed by atoms with Crippen molar-refractivity contribution >= 4 is 22.7 Å². The van der Waals surface area contributed by atoms with Crippen LogP contribution in [0.3, 0.4) is 0 Å². The topological polar surface area (TPSA) is 18.5 Å². The minimum absolute atomic E-state index is 0.213. The average Bonchev–Trinajstić information content (AvgIpc) is 2.83. The third-order valence-electron chi connectivity index (χ3n) is 4.91.